The average molecular weight is 474 g/mol. The highest BCUT2D eigenvalue weighted by atomic mass is 19.1. The zero-order valence-electron chi connectivity index (χ0n) is 19.6. The van der Waals surface area contributed by atoms with Crippen molar-refractivity contribution in [3.8, 4) is 5.75 Å². The standard InChI is InChI=1S/C28H28FN3O3/c1-20-18-25(33)26(28(34)32(20)19-24-8-5-17-35-24)27(21-6-3-2-4-7-21)31-15-13-30(14-16-31)23-11-9-22(29)10-12-23/h2-12,17-18,27,33H,13-16,19H2,1H3/t27-/m0/s1. The summed E-state index contributed by atoms with van der Waals surface area (Å²) in [5, 5.41) is 11.0. The van der Waals surface area contributed by atoms with E-state index in [0.717, 1.165) is 24.3 Å². The molecule has 1 fully saturated rings. The maximum Gasteiger partial charge on any atom is 0.260 e. The minimum atomic E-state index is -0.400. The largest absolute Gasteiger partial charge is 0.507 e. The van der Waals surface area contributed by atoms with E-state index in [1.165, 1.54) is 12.1 Å². The Morgan fingerprint density at radius 1 is 0.971 bits per heavy atom. The van der Waals surface area contributed by atoms with Crippen LogP contribution in [0.2, 0.25) is 0 Å². The SMILES string of the molecule is Cc1cc(O)c([C@H](c2ccccc2)N2CCN(c3ccc(F)cc3)CC2)c(=O)n1Cc1ccco1. The van der Waals surface area contributed by atoms with E-state index in [9.17, 15) is 14.3 Å². The van der Waals surface area contributed by atoms with Gasteiger partial charge in [-0.15, -0.1) is 0 Å². The predicted molar refractivity (Wildman–Crippen MR) is 133 cm³/mol. The summed E-state index contributed by atoms with van der Waals surface area (Å²) >= 11 is 0. The number of benzene rings is 2. The van der Waals surface area contributed by atoms with Gasteiger partial charge in [0.15, 0.2) is 0 Å². The molecule has 6 nitrogen and oxygen atoms in total. The summed E-state index contributed by atoms with van der Waals surface area (Å²) in [4.78, 5) is 18.2. The first-order chi connectivity index (χ1) is 17.0. The van der Waals surface area contributed by atoms with Crippen LogP contribution >= 0.6 is 0 Å². The number of furan rings is 1. The van der Waals surface area contributed by atoms with Crippen LogP contribution in [0, 0.1) is 12.7 Å². The van der Waals surface area contributed by atoms with E-state index in [-0.39, 0.29) is 17.1 Å². The van der Waals surface area contributed by atoms with Crippen molar-refractivity contribution in [1.29, 1.82) is 0 Å². The van der Waals surface area contributed by atoms with Crippen LogP contribution in [0.4, 0.5) is 10.1 Å². The normalized spacial score (nSPS) is 15.3. The summed E-state index contributed by atoms with van der Waals surface area (Å²) in [5.74, 6) is 0.422. The number of halogens is 1. The molecule has 1 aliphatic rings. The van der Waals surface area contributed by atoms with Gasteiger partial charge in [0.05, 0.1) is 24.4 Å². The summed E-state index contributed by atoms with van der Waals surface area (Å²) in [5.41, 5.74) is 2.72. The third kappa shape index (κ3) is 4.72. The van der Waals surface area contributed by atoms with Crippen molar-refractivity contribution in [1.82, 2.24) is 9.47 Å². The molecule has 1 aliphatic heterocycles. The van der Waals surface area contributed by atoms with Crippen molar-refractivity contribution < 1.29 is 13.9 Å². The second kappa shape index (κ2) is 9.80. The molecular formula is C28H28FN3O3. The lowest BCUT2D eigenvalue weighted by molar-refractivity contribution is 0.207. The van der Waals surface area contributed by atoms with E-state index in [1.54, 1.807) is 35.1 Å². The maximum atomic E-state index is 13.8. The Hall–Kier alpha value is -3.84. The lowest BCUT2D eigenvalue weighted by atomic mass is 9.96. The molecule has 2 aromatic carbocycles. The Balaban J connectivity index is 1.50. The van der Waals surface area contributed by atoms with Gasteiger partial charge in [-0.05, 0) is 55.0 Å². The van der Waals surface area contributed by atoms with Crippen LogP contribution in [-0.4, -0.2) is 40.8 Å². The highest BCUT2D eigenvalue weighted by molar-refractivity contribution is 5.47. The lowest BCUT2D eigenvalue weighted by Gasteiger charge is -2.40. The fourth-order valence-corrected chi connectivity index (χ4v) is 4.87. The number of aryl methyl sites for hydroxylation is 1. The number of nitrogens with zero attached hydrogens (tertiary/aromatic N) is 3. The molecule has 35 heavy (non-hydrogen) atoms. The van der Waals surface area contributed by atoms with Crippen molar-refractivity contribution in [3.05, 3.63) is 118 Å². The van der Waals surface area contributed by atoms with Crippen molar-refractivity contribution >= 4 is 5.69 Å². The van der Waals surface area contributed by atoms with Gasteiger partial charge in [0.1, 0.15) is 17.3 Å². The van der Waals surface area contributed by atoms with Crippen molar-refractivity contribution in [3.63, 3.8) is 0 Å². The third-order valence-electron chi connectivity index (χ3n) is 6.68. The Morgan fingerprint density at radius 2 is 1.69 bits per heavy atom. The highest BCUT2D eigenvalue weighted by Gasteiger charge is 2.31. The fourth-order valence-electron chi connectivity index (χ4n) is 4.87. The molecule has 0 amide bonds. The quantitative estimate of drug-likeness (QED) is 0.445. The Morgan fingerprint density at radius 3 is 2.34 bits per heavy atom. The van der Waals surface area contributed by atoms with E-state index in [2.05, 4.69) is 9.80 Å². The van der Waals surface area contributed by atoms with E-state index < -0.39 is 6.04 Å². The Labute approximate surface area is 203 Å². The first-order valence-electron chi connectivity index (χ1n) is 11.8. The first-order valence-corrected chi connectivity index (χ1v) is 11.8. The molecule has 1 atom stereocenters. The van der Waals surface area contributed by atoms with Gasteiger partial charge in [0.25, 0.3) is 5.56 Å². The number of aromatic nitrogens is 1. The van der Waals surface area contributed by atoms with E-state index in [1.807, 2.05) is 43.3 Å². The minimum absolute atomic E-state index is 0.00184. The second-order valence-electron chi connectivity index (χ2n) is 8.87. The number of hydrogen-bond donors (Lipinski definition) is 1. The van der Waals surface area contributed by atoms with Gasteiger partial charge < -0.3 is 19.0 Å². The zero-order valence-corrected chi connectivity index (χ0v) is 19.6. The van der Waals surface area contributed by atoms with Gasteiger partial charge in [0.2, 0.25) is 0 Å². The van der Waals surface area contributed by atoms with Gasteiger partial charge in [-0.3, -0.25) is 9.69 Å². The van der Waals surface area contributed by atoms with Gasteiger partial charge >= 0.3 is 0 Å². The highest BCUT2D eigenvalue weighted by Crippen LogP contribution is 2.34. The number of rotatable bonds is 6. The van der Waals surface area contributed by atoms with Gasteiger partial charge in [-0.25, -0.2) is 4.39 Å². The monoisotopic (exact) mass is 473 g/mol. The van der Waals surface area contributed by atoms with Crippen molar-refractivity contribution in [2.24, 2.45) is 0 Å². The molecule has 0 unspecified atom stereocenters. The van der Waals surface area contributed by atoms with Gasteiger partial charge in [-0.1, -0.05) is 30.3 Å². The third-order valence-corrected chi connectivity index (χ3v) is 6.68. The number of pyridine rings is 1. The zero-order chi connectivity index (χ0) is 24.4. The molecule has 180 valence electrons. The lowest BCUT2D eigenvalue weighted by Crippen LogP contribution is -2.49. The van der Waals surface area contributed by atoms with Crippen LogP contribution in [-0.2, 0) is 6.54 Å². The van der Waals surface area contributed by atoms with Crippen LogP contribution in [0.15, 0.2) is 88.3 Å². The molecular weight excluding hydrogens is 445 g/mol. The van der Waals surface area contributed by atoms with E-state index in [4.69, 9.17) is 4.42 Å². The molecule has 0 saturated carbocycles. The minimum Gasteiger partial charge on any atom is -0.507 e. The summed E-state index contributed by atoms with van der Waals surface area (Å²) < 4.78 is 20.5. The summed E-state index contributed by atoms with van der Waals surface area (Å²) in [6, 6.07) is 21.2. The van der Waals surface area contributed by atoms with Crippen LogP contribution in [0.25, 0.3) is 0 Å². The first kappa shape index (κ1) is 22.9. The molecule has 0 aliphatic carbocycles. The molecule has 2 aromatic heterocycles. The number of hydrogen-bond acceptors (Lipinski definition) is 5. The smallest absolute Gasteiger partial charge is 0.260 e. The molecule has 0 bridgehead atoms. The van der Waals surface area contributed by atoms with Gasteiger partial charge in [0, 0.05) is 37.6 Å². The number of piperazine rings is 1. The predicted octanol–water partition coefficient (Wildman–Crippen LogP) is 4.55. The molecule has 4 aromatic rings. The second-order valence-corrected chi connectivity index (χ2v) is 8.87. The van der Waals surface area contributed by atoms with Crippen molar-refractivity contribution in [2.45, 2.75) is 19.5 Å². The van der Waals surface area contributed by atoms with Gasteiger partial charge in [-0.2, -0.15) is 0 Å². The molecule has 7 heteroatoms. The van der Waals surface area contributed by atoms with E-state index in [0.29, 0.717) is 36.7 Å². The molecule has 1 saturated heterocycles. The number of aromatic hydroxyl groups is 1. The summed E-state index contributed by atoms with van der Waals surface area (Å²) in [6.07, 6.45) is 1.59. The van der Waals surface area contributed by atoms with Crippen LogP contribution < -0.4 is 10.5 Å². The number of anilines is 1. The van der Waals surface area contributed by atoms with Crippen molar-refractivity contribution in [2.75, 3.05) is 31.1 Å². The topological polar surface area (TPSA) is 61.9 Å². The van der Waals surface area contributed by atoms with Crippen LogP contribution in [0.1, 0.15) is 28.6 Å². The Kier molecular flexibility index (Phi) is 6.42. The van der Waals surface area contributed by atoms with Crippen LogP contribution in [0.5, 0.6) is 5.75 Å². The molecule has 0 spiro atoms. The molecule has 0 radical (unpaired) electrons. The summed E-state index contributed by atoms with van der Waals surface area (Å²) in [7, 11) is 0. The summed E-state index contributed by atoms with van der Waals surface area (Å²) in [6.45, 7) is 4.92. The Bertz CT molecular complexity index is 1330. The van der Waals surface area contributed by atoms with E-state index >= 15 is 0 Å². The fraction of sp³-hybridized carbons (Fsp3) is 0.250. The maximum absolute atomic E-state index is 13.8. The molecule has 5 rings (SSSR count). The molecule has 3 heterocycles. The van der Waals surface area contributed by atoms with Crippen LogP contribution in [0.3, 0.4) is 0 Å². The molecule has 1 N–H and O–H groups in total. The average Bonchev–Trinajstić information content (AvgIpc) is 3.39.